The number of halogens is 2. The maximum atomic E-state index is 12.4. The Morgan fingerprint density at radius 3 is 2.38 bits per heavy atom. The first-order valence-corrected chi connectivity index (χ1v) is 9.36. The number of piperidine rings is 1. The number of rotatable bonds is 4. The average molecular weight is 391 g/mol. The van der Waals surface area contributed by atoms with E-state index in [2.05, 4.69) is 5.32 Å². The molecular formula is C20H20Cl2N2O2. The van der Waals surface area contributed by atoms with E-state index in [9.17, 15) is 9.59 Å². The molecule has 1 N–H and O–H groups in total. The van der Waals surface area contributed by atoms with E-state index in [4.69, 9.17) is 23.2 Å². The highest BCUT2D eigenvalue weighted by Crippen LogP contribution is 2.21. The minimum absolute atomic E-state index is 0.0371. The van der Waals surface area contributed by atoms with E-state index < -0.39 is 0 Å². The molecule has 4 nitrogen and oxygen atoms in total. The lowest BCUT2D eigenvalue weighted by Gasteiger charge is -2.32. The molecule has 2 aromatic rings. The van der Waals surface area contributed by atoms with Crippen LogP contribution in [0.3, 0.4) is 0 Å². The Balaban J connectivity index is 1.50. The lowest BCUT2D eigenvalue weighted by Crippen LogP contribution is -2.47. The van der Waals surface area contributed by atoms with Crippen LogP contribution >= 0.6 is 23.2 Å². The molecule has 6 heteroatoms. The second-order valence-electron chi connectivity index (χ2n) is 6.42. The maximum absolute atomic E-state index is 12.4. The van der Waals surface area contributed by atoms with Crippen LogP contribution in [0.15, 0.2) is 48.5 Å². The first-order valence-electron chi connectivity index (χ1n) is 8.60. The van der Waals surface area contributed by atoms with Crippen LogP contribution < -0.4 is 5.32 Å². The van der Waals surface area contributed by atoms with Crippen molar-refractivity contribution in [3.63, 3.8) is 0 Å². The largest absolute Gasteiger partial charge is 0.349 e. The number of nitrogens with zero attached hydrogens (tertiary/aromatic N) is 1. The van der Waals surface area contributed by atoms with E-state index in [0.717, 1.165) is 18.4 Å². The molecule has 1 aliphatic rings. The molecule has 3 rings (SSSR count). The van der Waals surface area contributed by atoms with Gasteiger partial charge in [0.15, 0.2) is 0 Å². The van der Waals surface area contributed by atoms with Crippen molar-refractivity contribution < 1.29 is 9.59 Å². The van der Waals surface area contributed by atoms with E-state index in [0.29, 0.717) is 35.1 Å². The van der Waals surface area contributed by atoms with E-state index in [1.165, 1.54) is 0 Å². The Kier molecular flexibility index (Phi) is 6.17. The molecule has 136 valence electrons. The molecule has 0 bridgehead atoms. The fourth-order valence-electron chi connectivity index (χ4n) is 3.09. The lowest BCUT2D eigenvalue weighted by atomic mass is 10.0. The predicted molar refractivity (Wildman–Crippen MR) is 104 cm³/mol. The summed E-state index contributed by atoms with van der Waals surface area (Å²) in [5.74, 6) is -0.0811. The summed E-state index contributed by atoms with van der Waals surface area (Å²) in [6.07, 6.45) is 1.88. The van der Waals surface area contributed by atoms with E-state index in [1.54, 1.807) is 18.2 Å². The van der Waals surface area contributed by atoms with Crippen molar-refractivity contribution in [2.45, 2.75) is 25.3 Å². The van der Waals surface area contributed by atoms with Crippen molar-refractivity contribution in [2.75, 3.05) is 13.1 Å². The van der Waals surface area contributed by atoms with Gasteiger partial charge in [-0.3, -0.25) is 9.59 Å². The molecule has 1 aliphatic heterocycles. The summed E-state index contributed by atoms with van der Waals surface area (Å²) < 4.78 is 0. The summed E-state index contributed by atoms with van der Waals surface area (Å²) in [6, 6.07) is 14.6. The van der Waals surface area contributed by atoms with Gasteiger partial charge in [0, 0.05) is 24.2 Å². The molecule has 0 saturated carbocycles. The van der Waals surface area contributed by atoms with Gasteiger partial charge in [-0.15, -0.1) is 0 Å². The van der Waals surface area contributed by atoms with Crippen LogP contribution in [0.2, 0.25) is 10.0 Å². The number of likely N-dealkylation sites (tertiary alicyclic amines) is 1. The van der Waals surface area contributed by atoms with Gasteiger partial charge in [-0.25, -0.2) is 0 Å². The molecule has 0 aliphatic carbocycles. The summed E-state index contributed by atoms with van der Waals surface area (Å²) >= 11 is 11.9. The monoisotopic (exact) mass is 390 g/mol. The number of amides is 2. The molecule has 0 radical (unpaired) electrons. The van der Waals surface area contributed by atoms with E-state index >= 15 is 0 Å². The van der Waals surface area contributed by atoms with Crippen LogP contribution in [0.25, 0.3) is 0 Å². The van der Waals surface area contributed by atoms with Crippen molar-refractivity contribution in [2.24, 2.45) is 0 Å². The van der Waals surface area contributed by atoms with Gasteiger partial charge in [0.2, 0.25) is 5.91 Å². The van der Waals surface area contributed by atoms with Gasteiger partial charge in [-0.1, -0.05) is 53.5 Å². The van der Waals surface area contributed by atoms with Crippen LogP contribution in [0.1, 0.15) is 28.8 Å². The highest BCUT2D eigenvalue weighted by atomic mass is 35.5. The van der Waals surface area contributed by atoms with Crippen LogP contribution in [0.4, 0.5) is 0 Å². The molecule has 1 saturated heterocycles. The second kappa shape index (κ2) is 8.56. The van der Waals surface area contributed by atoms with Crippen molar-refractivity contribution in [3.05, 3.63) is 69.7 Å². The fourth-order valence-corrected chi connectivity index (χ4v) is 3.59. The van der Waals surface area contributed by atoms with Gasteiger partial charge >= 0.3 is 0 Å². The van der Waals surface area contributed by atoms with Gasteiger partial charge in [-0.05, 0) is 36.6 Å². The van der Waals surface area contributed by atoms with Crippen LogP contribution in [-0.2, 0) is 11.2 Å². The minimum Gasteiger partial charge on any atom is -0.349 e. The molecule has 1 fully saturated rings. The van der Waals surface area contributed by atoms with Crippen molar-refractivity contribution in [1.29, 1.82) is 0 Å². The summed E-state index contributed by atoms with van der Waals surface area (Å²) in [7, 11) is 0. The summed E-state index contributed by atoms with van der Waals surface area (Å²) in [4.78, 5) is 26.7. The third kappa shape index (κ3) is 4.77. The van der Waals surface area contributed by atoms with Crippen LogP contribution in [0.5, 0.6) is 0 Å². The summed E-state index contributed by atoms with van der Waals surface area (Å²) in [5, 5.41) is 3.84. The zero-order chi connectivity index (χ0) is 18.5. The number of nitrogens with one attached hydrogen (secondary N) is 1. The number of hydrogen-bond acceptors (Lipinski definition) is 2. The molecular weight excluding hydrogens is 371 g/mol. The third-order valence-corrected chi connectivity index (χ3v) is 5.10. The van der Waals surface area contributed by atoms with E-state index in [1.807, 2.05) is 35.2 Å². The standard InChI is InChI=1S/C20H20Cl2N2O2/c21-15-6-7-17(18(22)13-15)20(26)23-16-8-10-24(11-9-16)19(25)12-14-4-2-1-3-5-14/h1-7,13,16H,8-12H2,(H,23,26). The molecule has 0 unspecified atom stereocenters. The van der Waals surface area contributed by atoms with Gasteiger partial charge in [0.25, 0.3) is 5.91 Å². The average Bonchev–Trinajstić information content (AvgIpc) is 2.63. The zero-order valence-corrected chi connectivity index (χ0v) is 15.8. The fraction of sp³-hybridized carbons (Fsp3) is 0.300. The number of benzene rings is 2. The smallest absolute Gasteiger partial charge is 0.253 e. The highest BCUT2D eigenvalue weighted by Gasteiger charge is 2.24. The second-order valence-corrected chi connectivity index (χ2v) is 7.26. The Labute approximate surface area is 163 Å². The Hall–Kier alpha value is -2.04. The Morgan fingerprint density at radius 2 is 1.73 bits per heavy atom. The van der Waals surface area contributed by atoms with Crippen molar-refractivity contribution >= 4 is 35.0 Å². The number of hydrogen-bond donors (Lipinski definition) is 1. The predicted octanol–water partition coefficient (Wildman–Crippen LogP) is 3.96. The zero-order valence-electron chi connectivity index (χ0n) is 14.3. The Morgan fingerprint density at radius 1 is 1.04 bits per heavy atom. The quantitative estimate of drug-likeness (QED) is 0.858. The molecule has 2 aromatic carbocycles. The van der Waals surface area contributed by atoms with Crippen molar-refractivity contribution in [3.8, 4) is 0 Å². The van der Waals surface area contributed by atoms with Crippen LogP contribution in [-0.4, -0.2) is 35.8 Å². The SMILES string of the molecule is O=C(NC1CCN(C(=O)Cc2ccccc2)CC1)c1ccc(Cl)cc1Cl. The first-order chi connectivity index (χ1) is 12.5. The normalized spacial score (nSPS) is 14.9. The molecule has 26 heavy (non-hydrogen) atoms. The minimum atomic E-state index is -0.208. The van der Waals surface area contributed by atoms with Crippen molar-refractivity contribution in [1.82, 2.24) is 10.2 Å². The van der Waals surface area contributed by atoms with Gasteiger partial charge < -0.3 is 10.2 Å². The number of carbonyl (C=O) groups excluding carboxylic acids is 2. The molecule has 0 spiro atoms. The molecule has 1 heterocycles. The molecule has 0 aromatic heterocycles. The summed E-state index contributed by atoms with van der Waals surface area (Å²) in [5.41, 5.74) is 1.43. The van der Waals surface area contributed by atoms with E-state index in [-0.39, 0.29) is 17.9 Å². The van der Waals surface area contributed by atoms with Gasteiger partial charge in [0.05, 0.1) is 17.0 Å². The van der Waals surface area contributed by atoms with Crippen LogP contribution in [0, 0.1) is 0 Å². The number of carbonyl (C=O) groups is 2. The molecule has 0 atom stereocenters. The maximum Gasteiger partial charge on any atom is 0.253 e. The lowest BCUT2D eigenvalue weighted by molar-refractivity contribution is -0.131. The van der Waals surface area contributed by atoms with Gasteiger partial charge in [0.1, 0.15) is 0 Å². The summed E-state index contributed by atoms with van der Waals surface area (Å²) in [6.45, 7) is 1.29. The van der Waals surface area contributed by atoms with Gasteiger partial charge in [-0.2, -0.15) is 0 Å². The Bertz CT molecular complexity index is 788. The topological polar surface area (TPSA) is 49.4 Å². The highest BCUT2D eigenvalue weighted by molar-refractivity contribution is 6.36. The first kappa shape index (κ1) is 18.7. The molecule has 2 amide bonds. The third-order valence-electron chi connectivity index (χ3n) is 4.56.